The lowest BCUT2D eigenvalue weighted by Gasteiger charge is -2.05. The molecule has 0 aliphatic carbocycles. The van der Waals surface area contributed by atoms with Gasteiger partial charge in [-0.1, -0.05) is 12.1 Å². The van der Waals surface area contributed by atoms with E-state index in [1.54, 1.807) is 30.4 Å². The molecule has 0 spiro atoms. The summed E-state index contributed by atoms with van der Waals surface area (Å²) >= 11 is 0. The molecule has 0 aliphatic rings. The van der Waals surface area contributed by atoms with E-state index in [1.807, 2.05) is 28.9 Å². The van der Waals surface area contributed by atoms with Crippen LogP contribution in [-0.4, -0.2) is 36.5 Å². The molecule has 0 amide bonds. The third kappa shape index (κ3) is 2.88. The van der Waals surface area contributed by atoms with Crippen LogP contribution in [0.25, 0.3) is 28.3 Å². The van der Waals surface area contributed by atoms with Crippen LogP contribution in [-0.2, 0) is 13.0 Å². The molecule has 0 bridgehead atoms. The van der Waals surface area contributed by atoms with E-state index in [4.69, 9.17) is 9.15 Å². The molecule has 28 heavy (non-hydrogen) atoms. The molecule has 0 unspecified atom stereocenters. The van der Waals surface area contributed by atoms with Gasteiger partial charge in [0.2, 0.25) is 5.82 Å². The minimum atomic E-state index is 0.534. The van der Waals surface area contributed by atoms with Crippen LogP contribution in [0.4, 0.5) is 0 Å². The lowest BCUT2D eigenvalue weighted by molar-refractivity contribution is 0.414. The summed E-state index contributed by atoms with van der Waals surface area (Å²) in [4.78, 5) is 9.12. The number of benzene rings is 1. The van der Waals surface area contributed by atoms with Crippen molar-refractivity contribution in [2.45, 2.75) is 19.4 Å². The van der Waals surface area contributed by atoms with Gasteiger partial charge in [-0.2, -0.15) is 5.10 Å². The summed E-state index contributed by atoms with van der Waals surface area (Å²) in [5.74, 6) is 2.03. The number of aromatic nitrogens is 6. The molecule has 0 N–H and O–H groups in total. The van der Waals surface area contributed by atoms with Gasteiger partial charge in [-0.25, -0.2) is 19.2 Å². The Hall–Kier alpha value is -3.68. The van der Waals surface area contributed by atoms with Crippen molar-refractivity contribution in [3.05, 3.63) is 60.7 Å². The quantitative estimate of drug-likeness (QED) is 0.453. The first-order valence-electron chi connectivity index (χ1n) is 9.05. The molecule has 5 rings (SSSR count). The highest BCUT2D eigenvalue weighted by atomic mass is 16.5. The second-order valence-corrected chi connectivity index (χ2v) is 6.48. The van der Waals surface area contributed by atoms with Crippen LogP contribution in [0.5, 0.6) is 5.75 Å². The minimum Gasteiger partial charge on any atom is -0.497 e. The molecule has 8 heteroatoms. The Morgan fingerprint density at radius 3 is 2.79 bits per heavy atom. The number of hydrogen-bond donors (Lipinski definition) is 0. The van der Waals surface area contributed by atoms with Crippen molar-refractivity contribution in [3.8, 4) is 17.3 Å². The number of hydrogen-bond acceptors (Lipinski definition) is 6. The molecule has 0 saturated heterocycles. The first-order chi connectivity index (χ1) is 13.8. The summed E-state index contributed by atoms with van der Waals surface area (Å²) in [5, 5.41) is 9.81. The summed E-state index contributed by atoms with van der Waals surface area (Å²) in [6, 6.07) is 11.8. The number of aryl methyl sites for hydroxylation is 2. The Labute approximate surface area is 160 Å². The Bertz CT molecular complexity index is 1220. The van der Waals surface area contributed by atoms with E-state index in [0.29, 0.717) is 11.6 Å². The average molecular weight is 374 g/mol. The van der Waals surface area contributed by atoms with Gasteiger partial charge in [0.25, 0.3) is 0 Å². The third-order valence-electron chi connectivity index (χ3n) is 4.71. The molecule has 0 saturated carbocycles. The Morgan fingerprint density at radius 1 is 1.11 bits per heavy atom. The number of nitrogens with zero attached hydrogens (tertiary/aromatic N) is 6. The summed E-state index contributed by atoms with van der Waals surface area (Å²) in [5.41, 5.74) is 2.80. The van der Waals surface area contributed by atoms with Gasteiger partial charge in [-0.3, -0.25) is 0 Å². The van der Waals surface area contributed by atoms with Gasteiger partial charge in [0, 0.05) is 6.54 Å². The topological polar surface area (TPSA) is 83.3 Å². The summed E-state index contributed by atoms with van der Waals surface area (Å²) in [6.45, 7) is 0.776. The van der Waals surface area contributed by atoms with Crippen molar-refractivity contribution in [1.29, 1.82) is 0 Å². The average Bonchev–Trinajstić information content (AvgIpc) is 3.47. The lowest BCUT2D eigenvalue weighted by atomic mass is 10.1. The molecule has 4 aromatic heterocycles. The van der Waals surface area contributed by atoms with Crippen LogP contribution < -0.4 is 4.74 Å². The van der Waals surface area contributed by atoms with Crippen molar-refractivity contribution in [2.24, 2.45) is 0 Å². The maximum atomic E-state index is 5.39. The molecule has 0 radical (unpaired) electrons. The second kappa shape index (κ2) is 6.80. The smallest absolute Gasteiger partial charge is 0.217 e. The van der Waals surface area contributed by atoms with Crippen LogP contribution in [0.2, 0.25) is 0 Å². The number of ether oxygens (including phenoxy) is 1. The minimum absolute atomic E-state index is 0.534. The fourth-order valence-corrected chi connectivity index (χ4v) is 3.27. The van der Waals surface area contributed by atoms with Crippen LogP contribution in [0.15, 0.2) is 59.6 Å². The van der Waals surface area contributed by atoms with Gasteiger partial charge < -0.3 is 9.15 Å². The van der Waals surface area contributed by atoms with Crippen molar-refractivity contribution in [1.82, 2.24) is 29.4 Å². The standard InChI is InChI=1S/C20H18N6O2/c1-27-15-8-6-14(7-9-15)4-2-10-25-19-16(12-22-25)20-23-18(17-5-3-11-28-17)24-26(20)13-21-19/h3,5-9,11-13H,2,4,10H2,1H3. The molecule has 1 aromatic carbocycles. The van der Waals surface area contributed by atoms with Gasteiger partial charge in [0.15, 0.2) is 17.1 Å². The van der Waals surface area contributed by atoms with Crippen LogP contribution in [0.3, 0.4) is 0 Å². The normalized spacial score (nSPS) is 11.5. The van der Waals surface area contributed by atoms with Gasteiger partial charge in [0.05, 0.1) is 25.0 Å². The summed E-state index contributed by atoms with van der Waals surface area (Å²) in [6.07, 6.45) is 6.99. The zero-order valence-electron chi connectivity index (χ0n) is 15.3. The van der Waals surface area contributed by atoms with Gasteiger partial charge >= 0.3 is 0 Å². The highest BCUT2D eigenvalue weighted by molar-refractivity contribution is 5.88. The van der Waals surface area contributed by atoms with E-state index in [1.165, 1.54) is 5.56 Å². The number of furan rings is 1. The van der Waals surface area contributed by atoms with E-state index in [9.17, 15) is 0 Å². The summed E-state index contributed by atoms with van der Waals surface area (Å²) < 4.78 is 14.2. The van der Waals surface area contributed by atoms with Crippen molar-refractivity contribution >= 4 is 16.7 Å². The monoisotopic (exact) mass is 374 g/mol. The van der Waals surface area contributed by atoms with Crippen molar-refractivity contribution < 1.29 is 9.15 Å². The van der Waals surface area contributed by atoms with E-state index >= 15 is 0 Å². The van der Waals surface area contributed by atoms with E-state index in [0.717, 1.165) is 41.8 Å². The van der Waals surface area contributed by atoms with Crippen LogP contribution in [0, 0.1) is 0 Å². The summed E-state index contributed by atoms with van der Waals surface area (Å²) in [7, 11) is 1.68. The second-order valence-electron chi connectivity index (χ2n) is 6.48. The largest absolute Gasteiger partial charge is 0.497 e. The fraction of sp³-hybridized carbons (Fsp3) is 0.200. The SMILES string of the molecule is COc1ccc(CCCn2ncc3c2ncn2nc(-c4ccco4)nc32)cc1. The number of rotatable bonds is 6. The first kappa shape index (κ1) is 16.5. The zero-order valence-corrected chi connectivity index (χ0v) is 15.3. The van der Waals surface area contributed by atoms with E-state index < -0.39 is 0 Å². The van der Waals surface area contributed by atoms with Crippen LogP contribution in [0.1, 0.15) is 12.0 Å². The molecule has 140 valence electrons. The molecule has 8 nitrogen and oxygen atoms in total. The molecular weight excluding hydrogens is 356 g/mol. The van der Waals surface area contributed by atoms with E-state index in [2.05, 4.69) is 32.3 Å². The molecule has 4 heterocycles. The zero-order chi connectivity index (χ0) is 18.9. The van der Waals surface area contributed by atoms with Gasteiger partial charge in [0.1, 0.15) is 12.1 Å². The predicted molar refractivity (Wildman–Crippen MR) is 103 cm³/mol. The van der Waals surface area contributed by atoms with Crippen molar-refractivity contribution in [2.75, 3.05) is 7.11 Å². The first-order valence-corrected chi connectivity index (χ1v) is 9.05. The molecule has 0 aliphatic heterocycles. The Balaban J connectivity index is 1.37. The van der Waals surface area contributed by atoms with Gasteiger partial charge in [-0.15, -0.1) is 5.10 Å². The van der Waals surface area contributed by atoms with E-state index in [-0.39, 0.29) is 0 Å². The maximum absolute atomic E-state index is 5.39. The number of fused-ring (bicyclic) bond motifs is 3. The van der Waals surface area contributed by atoms with Crippen molar-refractivity contribution in [3.63, 3.8) is 0 Å². The molecule has 5 aromatic rings. The molecule has 0 atom stereocenters. The lowest BCUT2D eigenvalue weighted by Crippen LogP contribution is -2.03. The highest BCUT2D eigenvalue weighted by Gasteiger charge is 2.14. The maximum Gasteiger partial charge on any atom is 0.217 e. The van der Waals surface area contributed by atoms with Crippen LogP contribution >= 0.6 is 0 Å². The molecule has 0 fully saturated rings. The Morgan fingerprint density at radius 2 is 2.00 bits per heavy atom. The third-order valence-corrected chi connectivity index (χ3v) is 4.71. The fourth-order valence-electron chi connectivity index (χ4n) is 3.27. The van der Waals surface area contributed by atoms with Gasteiger partial charge in [-0.05, 0) is 42.7 Å². The number of methoxy groups -OCH3 is 1. The molecular formula is C20H18N6O2. The predicted octanol–water partition coefficient (Wildman–Crippen LogP) is 3.38. The Kier molecular flexibility index (Phi) is 4.01. The highest BCUT2D eigenvalue weighted by Crippen LogP contribution is 2.21.